The fourth-order valence-electron chi connectivity index (χ4n) is 2.37. The van der Waals surface area contributed by atoms with Gasteiger partial charge in [0.1, 0.15) is 0 Å². The van der Waals surface area contributed by atoms with Gasteiger partial charge in [0.25, 0.3) is 0 Å². The van der Waals surface area contributed by atoms with E-state index in [4.69, 9.17) is 10.5 Å². The van der Waals surface area contributed by atoms with Crippen LogP contribution in [0, 0.1) is 13.8 Å². The minimum atomic E-state index is -0.930. The largest absolute Gasteiger partial charge is 0.451 e. The predicted molar refractivity (Wildman–Crippen MR) is 94.8 cm³/mol. The fourth-order valence-corrected chi connectivity index (χ4v) is 2.37. The Balaban J connectivity index is 2.13. The number of benzene rings is 2. The van der Waals surface area contributed by atoms with Gasteiger partial charge in [-0.15, -0.1) is 0 Å². The Kier molecular flexibility index (Phi) is 5.54. The Hall–Kier alpha value is -3.15. The molecule has 0 aromatic heterocycles. The summed E-state index contributed by atoms with van der Waals surface area (Å²) in [5.41, 5.74) is 7.95. The van der Waals surface area contributed by atoms with E-state index in [0.717, 1.165) is 11.1 Å². The molecule has 2 aromatic rings. The lowest BCUT2D eigenvalue weighted by Crippen LogP contribution is -2.25. The van der Waals surface area contributed by atoms with Crippen molar-refractivity contribution in [2.75, 3.05) is 5.32 Å². The van der Waals surface area contributed by atoms with E-state index in [1.165, 1.54) is 19.1 Å². The average molecular weight is 340 g/mol. The number of nitrogens with one attached hydrogen (secondary N) is 1. The maximum Gasteiger partial charge on any atom is 0.338 e. The molecular weight excluding hydrogens is 320 g/mol. The number of rotatable bonds is 5. The summed E-state index contributed by atoms with van der Waals surface area (Å²) in [4.78, 5) is 35.7. The molecule has 0 aliphatic carbocycles. The number of primary amides is 1. The van der Waals surface area contributed by atoms with E-state index < -0.39 is 18.1 Å². The molecule has 0 heterocycles. The zero-order valence-electron chi connectivity index (χ0n) is 14.3. The first kappa shape index (κ1) is 18.2. The molecule has 0 spiro atoms. The topological polar surface area (TPSA) is 98.5 Å². The van der Waals surface area contributed by atoms with Crippen LogP contribution >= 0.6 is 0 Å². The number of carbonyl (C=O) groups excluding carboxylic acids is 3. The summed E-state index contributed by atoms with van der Waals surface area (Å²) in [6.45, 7) is 5.26. The molecule has 0 aliphatic rings. The molecule has 0 bridgehead atoms. The normalized spacial score (nSPS) is 11.5. The van der Waals surface area contributed by atoms with Crippen LogP contribution in [0.2, 0.25) is 0 Å². The molecular formula is C19H20N2O4. The minimum absolute atomic E-state index is 0.215. The van der Waals surface area contributed by atoms with Gasteiger partial charge >= 0.3 is 12.0 Å². The van der Waals surface area contributed by atoms with Crippen molar-refractivity contribution in [3.63, 3.8) is 0 Å². The van der Waals surface area contributed by atoms with Crippen LogP contribution in [0.3, 0.4) is 0 Å². The molecule has 1 unspecified atom stereocenters. The lowest BCUT2D eigenvalue weighted by atomic mass is 9.99. The van der Waals surface area contributed by atoms with E-state index >= 15 is 0 Å². The second-order valence-electron chi connectivity index (χ2n) is 5.80. The number of amides is 2. The van der Waals surface area contributed by atoms with Gasteiger partial charge in [0.2, 0.25) is 5.78 Å². The molecule has 3 N–H and O–H groups in total. The van der Waals surface area contributed by atoms with Crippen LogP contribution in [-0.2, 0) is 4.74 Å². The first-order chi connectivity index (χ1) is 11.8. The second-order valence-corrected chi connectivity index (χ2v) is 5.80. The Morgan fingerprint density at radius 1 is 1.08 bits per heavy atom. The second kappa shape index (κ2) is 7.61. The number of urea groups is 1. The van der Waals surface area contributed by atoms with Crippen LogP contribution in [0.25, 0.3) is 0 Å². The van der Waals surface area contributed by atoms with Gasteiger partial charge in [-0.3, -0.25) is 4.79 Å². The highest BCUT2D eigenvalue weighted by Gasteiger charge is 2.22. The van der Waals surface area contributed by atoms with Gasteiger partial charge in [0.15, 0.2) is 6.10 Å². The Bertz CT molecular complexity index is 830. The Morgan fingerprint density at radius 2 is 1.80 bits per heavy atom. The smallest absolute Gasteiger partial charge is 0.338 e. The summed E-state index contributed by atoms with van der Waals surface area (Å²) in [7, 11) is 0. The van der Waals surface area contributed by atoms with Crippen molar-refractivity contribution in [1.29, 1.82) is 0 Å². The number of Topliss-reactive ketones (excluding diaryl/α,β-unsaturated/α-hetero) is 1. The highest BCUT2D eigenvalue weighted by atomic mass is 16.5. The minimum Gasteiger partial charge on any atom is -0.451 e. The van der Waals surface area contributed by atoms with Gasteiger partial charge in [-0.1, -0.05) is 23.8 Å². The van der Waals surface area contributed by atoms with Crippen LogP contribution in [0.1, 0.15) is 38.8 Å². The molecule has 0 aliphatic heterocycles. The van der Waals surface area contributed by atoms with Crippen molar-refractivity contribution < 1.29 is 19.1 Å². The van der Waals surface area contributed by atoms with Gasteiger partial charge in [0, 0.05) is 11.3 Å². The summed E-state index contributed by atoms with van der Waals surface area (Å²) in [6.07, 6.45) is -0.930. The summed E-state index contributed by atoms with van der Waals surface area (Å²) < 4.78 is 5.28. The third kappa shape index (κ3) is 4.67. The van der Waals surface area contributed by atoms with Gasteiger partial charge in [-0.05, 0) is 50.6 Å². The summed E-state index contributed by atoms with van der Waals surface area (Å²) in [5, 5.41) is 2.38. The first-order valence-electron chi connectivity index (χ1n) is 7.77. The monoisotopic (exact) mass is 340 g/mol. The maximum absolute atomic E-state index is 12.5. The number of ketones is 1. The van der Waals surface area contributed by atoms with Crippen molar-refractivity contribution in [1.82, 2.24) is 0 Å². The lowest BCUT2D eigenvalue weighted by molar-refractivity contribution is 0.0318. The lowest BCUT2D eigenvalue weighted by Gasteiger charge is -2.14. The summed E-state index contributed by atoms with van der Waals surface area (Å²) in [6, 6.07) is 11.0. The first-order valence-corrected chi connectivity index (χ1v) is 7.77. The third-order valence-corrected chi connectivity index (χ3v) is 3.68. The number of nitrogens with two attached hydrogens (primary N) is 1. The van der Waals surface area contributed by atoms with Crippen molar-refractivity contribution in [2.24, 2.45) is 5.73 Å². The molecule has 0 saturated carbocycles. The number of ether oxygens (including phenoxy) is 1. The zero-order chi connectivity index (χ0) is 18.6. The van der Waals surface area contributed by atoms with Gasteiger partial charge in [0.05, 0.1) is 5.56 Å². The SMILES string of the molecule is Cc1ccc(C)c(C(=O)C(C)OC(=O)c2cccc(NC(N)=O)c2)c1. The molecule has 0 radical (unpaired) electrons. The van der Waals surface area contributed by atoms with Crippen LogP contribution in [-0.4, -0.2) is 23.9 Å². The van der Waals surface area contributed by atoms with Gasteiger partial charge in [-0.2, -0.15) is 0 Å². The van der Waals surface area contributed by atoms with Crippen molar-refractivity contribution >= 4 is 23.5 Å². The van der Waals surface area contributed by atoms with Crippen molar-refractivity contribution in [2.45, 2.75) is 26.9 Å². The molecule has 6 nitrogen and oxygen atoms in total. The number of hydrogen-bond acceptors (Lipinski definition) is 4. The molecule has 2 amide bonds. The van der Waals surface area contributed by atoms with E-state index in [1.807, 2.05) is 26.0 Å². The van der Waals surface area contributed by atoms with Gasteiger partial charge < -0.3 is 15.8 Å². The number of carbonyl (C=O) groups is 3. The molecule has 0 fully saturated rings. The molecule has 1 atom stereocenters. The van der Waals surface area contributed by atoms with E-state index in [2.05, 4.69) is 5.32 Å². The number of aryl methyl sites for hydroxylation is 2. The van der Waals surface area contributed by atoms with Crippen molar-refractivity contribution in [3.8, 4) is 0 Å². The van der Waals surface area contributed by atoms with Crippen molar-refractivity contribution in [3.05, 3.63) is 64.7 Å². The van der Waals surface area contributed by atoms with Crippen LogP contribution in [0.5, 0.6) is 0 Å². The predicted octanol–water partition coefficient (Wildman–Crippen LogP) is 3.22. The van der Waals surface area contributed by atoms with Gasteiger partial charge in [-0.25, -0.2) is 9.59 Å². The number of esters is 1. The van der Waals surface area contributed by atoms with Crippen LogP contribution in [0.4, 0.5) is 10.5 Å². The fraction of sp³-hybridized carbons (Fsp3) is 0.211. The molecule has 0 saturated heterocycles. The highest BCUT2D eigenvalue weighted by molar-refractivity contribution is 6.02. The highest BCUT2D eigenvalue weighted by Crippen LogP contribution is 2.16. The third-order valence-electron chi connectivity index (χ3n) is 3.68. The van der Waals surface area contributed by atoms with E-state index in [-0.39, 0.29) is 11.3 Å². The van der Waals surface area contributed by atoms with Crippen LogP contribution in [0.15, 0.2) is 42.5 Å². The summed E-state index contributed by atoms with van der Waals surface area (Å²) >= 11 is 0. The quantitative estimate of drug-likeness (QED) is 0.645. The molecule has 6 heteroatoms. The molecule has 25 heavy (non-hydrogen) atoms. The van der Waals surface area contributed by atoms with E-state index in [0.29, 0.717) is 11.3 Å². The average Bonchev–Trinajstić information content (AvgIpc) is 2.56. The van der Waals surface area contributed by atoms with Crippen LogP contribution < -0.4 is 11.1 Å². The number of anilines is 1. The maximum atomic E-state index is 12.5. The van der Waals surface area contributed by atoms with E-state index in [9.17, 15) is 14.4 Å². The Labute approximate surface area is 146 Å². The standard InChI is InChI=1S/C19H20N2O4/c1-11-7-8-12(2)16(9-11)17(22)13(3)25-18(23)14-5-4-6-15(10-14)21-19(20)24/h4-10,13H,1-3H3,(H3,20,21,24). The summed E-state index contributed by atoms with van der Waals surface area (Å²) in [5.74, 6) is -0.916. The Morgan fingerprint density at radius 3 is 2.48 bits per heavy atom. The van der Waals surface area contributed by atoms with E-state index in [1.54, 1.807) is 18.2 Å². The molecule has 130 valence electrons. The molecule has 2 aromatic carbocycles. The number of hydrogen-bond donors (Lipinski definition) is 2. The molecule has 2 rings (SSSR count). The zero-order valence-corrected chi connectivity index (χ0v) is 14.3.